The van der Waals surface area contributed by atoms with Crippen LogP contribution in [-0.2, 0) is 9.53 Å². The fourth-order valence-electron chi connectivity index (χ4n) is 2.11. The van der Waals surface area contributed by atoms with Gasteiger partial charge < -0.3 is 9.64 Å². The second kappa shape index (κ2) is 4.51. The molecule has 1 aliphatic heterocycles. The molecule has 86 valence electrons. The Hall–Kier alpha value is -1.58. The van der Waals surface area contributed by atoms with Crippen LogP contribution >= 0.6 is 0 Å². The van der Waals surface area contributed by atoms with Gasteiger partial charge in [-0.2, -0.15) is 0 Å². The molecule has 0 bridgehead atoms. The van der Waals surface area contributed by atoms with Crippen LogP contribution in [0.4, 0.5) is 10.1 Å². The van der Waals surface area contributed by atoms with E-state index in [1.807, 2.05) is 11.0 Å². The zero-order chi connectivity index (χ0) is 11.5. The summed E-state index contributed by atoms with van der Waals surface area (Å²) in [7, 11) is 1.38. The Morgan fingerprint density at radius 3 is 3.06 bits per heavy atom. The van der Waals surface area contributed by atoms with Crippen LogP contribution in [0.5, 0.6) is 0 Å². The van der Waals surface area contributed by atoms with E-state index < -0.39 is 0 Å². The summed E-state index contributed by atoms with van der Waals surface area (Å²) in [5.74, 6) is -0.533. The summed E-state index contributed by atoms with van der Waals surface area (Å²) in [5.41, 5.74) is 0.743. The van der Waals surface area contributed by atoms with Gasteiger partial charge in [-0.3, -0.25) is 0 Å². The summed E-state index contributed by atoms with van der Waals surface area (Å²) in [6, 6.07) is 6.03. The molecule has 4 heteroatoms. The number of anilines is 1. The van der Waals surface area contributed by atoms with Gasteiger partial charge in [-0.25, -0.2) is 9.18 Å². The van der Waals surface area contributed by atoms with Crippen LogP contribution in [0, 0.1) is 5.82 Å². The lowest BCUT2D eigenvalue weighted by molar-refractivity contribution is -0.141. The predicted molar refractivity (Wildman–Crippen MR) is 58.8 cm³/mol. The molecule has 1 atom stereocenters. The van der Waals surface area contributed by atoms with Crippen LogP contribution in [0.3, 0.4) is 0 Å². The average molecular weight is 223 g/mol. The molecular formula is C12H14FNO2. The monoisotopic (exact) mass is 223 g/mol. The highest BCUT2D eigenvalue weighted by molar-refractivity contribution is 5.80. The van der Waals surface area contributed by atoms with Crippen LogP contribution in [0.2, 0.25) is 0 Å². The van der Waals surface area contributed by atoms with Crippen LogP contribution in [-0.4, -0.2) is 25.7 Å². The third-order valence-corrected chi connectivity index (χ3v) is 2.87. The third-order valence-electron chi connectivity index (χ3n) is 2.87. The average Bonchev–Trinajstić information content (AvgIpc) is 2.77. The van der Waals surface area contributed by atoms with E-state index >= 15 is 0 Å². The van der Waals surface area contributed by atoms with Crippen LogP contribution in [0.1, 0.15) is 12.8 Å². The lowest BCUT2D eigenvalue weighted by Crippen LogP contribution is -2.36. The van der Waals surface area contributed by atoms with Crippen molar-refractivity contribution in [2.24, 2.45) is 0 Å². The number of methoxy groups -OCH3 is 1. The minimum Gasteiger partial charge on any atom is -0.467 e. The van der Waals surface area contributed by atoms with Gasteiger partial charge in [-0.1, -0.05) is 6.07 Å². The van der Waals surface area contributed by atoms with E-state index in [0.29, 0.717) is 0 Å². The molecule has 2 rings (SSSR count). The Morgan fingerprint density at radius 1 is 1.56 bits per heavy atom. The molecular weight excluding hydrogens is 209 g/mol. The Kier molecular flexibility index (Phi) is 3.08. The number of carbonyl (C=O) groups is 1. The number of benzene rings is 1. The molecule has 1 fully saturated rings. The topological polar surface area (TPSA) is 29.5 Å². The zero-order valence-electron chi connectivity index (χ0n) is 9.15. The predicted octanol–water partition coefficient (Wildman–Crippen LogP) is 1.97. The van der Waals surface area contributed by atoms with Gasteiger partial charge in [-0.05, 0) is 31.0 Å². The molecule has 16 heavy (non-hydrogen) atoms. The minimum absolute atomic E-state index is 0.248. The first-order valence-corrected chi connectivity index (χ1v) is 5.32. The van der Waals surface area contributed by atoms with Gasteiger partial charge in [0.2, 0.25) is 0 Å². The largest absolute Gasteiger partial charge is 0.467 e. The molecule has 3 nitrogen and oxygen atoms in total. The number of nitrogens with zero attached hydrogens (tertiary/aromatic N) is 1. The van der Waals surface area contributed by atoms with Gasteiger partial charge in [0.25, 0.3) is 0 Å². The van der Waals surface area contributed by atoms with Crippen molar-refractivity contribution >= 4 is 11.7 Å². The van der Waals surface area contributed by atoms with Gasteiger partial charge in [0, 0.05) is 12.2 Å². The summed E-state index contributed by atoms with van der Waals surface area (Å²) in [6.45, 7) is 0.767. The lowest BCUT2D eigenvalue weighted by atomic mass is 10.2. The Bertz CT molecular complexity index is 394. The van der Waals surface area contributed by atoms with Crippen molar-refractivity contribution in [3.05, 3.63) is 30.1 Å². The third kappa shape index (κ3) is 2.01. The maximum atomic E-state index is 13.1. The molecule has 1 aliphatic rings. The maximum Gasteiger partial charge on any atom is 0.328 e. The van der Waals surface area contributed by atoms with Gasteiger partial charge in [0.05, 0.1) is 7.11 Å². The van der Waals surface area contributed by atoms with Crippen molar-refractivity contribution in [1.29, 1.82) is 0 Å². The normalized spacial score (nSPS) is 19.9. The highest BCUT2D eigenvalue weighted by Gasteiger charge is 2.31. The number of carbonyl (C=O) groups excluding carboxylic acids is 1. The first kappa shape index (κ1) is 10.9. The summed E-state index contributed by atoms with van der Waals surface area (Å²) in [6.07, 6.45) is 1.69. The van der Waals surface area contributed by atoms with Gasteiger partial charge in [0.1, 0.15) is 11.9 Å². The molecule has 1 heterocycles. The standard InChI is InChI=1S/C12H14FNO2/c1-16-12(15)11-6-3-7-14(11)10-5-2-4-9(13)8-10/h2,4-5,8,11H,3,6-7H2,1H3. The number of halogens is 1. The second-order valence-electron chi connectivity index (χ2n) is 3.85. The number of rotatable bonds is 2. The van der Waals surface area contributed by atoms with Gasteiger partial charge in [0.15, 0.2) is 0 Å². The smallest absolute Gasteiger partial charge is 0.328 e. The summed E-state index contributed by atoms with van der Waals surface area (Å²) in [4.78, 5) is 13.4. The molecule has 0 aromatic heterocycles. The van der Waals surface area contributed by atoms with Crippen molar-refractivity contribution in [2.45, 2.75) is 18.9 Å². The van der Waals surface area contributed by atoms with Crippen molar-refractivity contribution in [2.75, 3.05) is 18.6 Å². The van der Waals surface area contributed by atoms with E-state index in [9.17, 15) is 9.18 Å². The molecule has 1 aromatic carbocycles. The van der Waals surface area contributed by atoms with Crippen LogP contribution in [0.25, 0.3) is 0 Å². The first-order chi connectivity index (χ1) is 7.72. The van der Waals surface area contributed by atoms with Gasteiger partial charge in [-0.15, -0.1) is 0 Å². The highest BCUT2D eigenvalue weighted by Crippen LogP contribution is 2.26. The summed E-state index contributed by atoms with van der Waals surface area (Å²) >= 11 is 0. The molecule has 1 saturated heterocycles. The molecule has 0 radical (unpaired) electrons. The van der Waals surface area contributed by atoms with E-state index in [1.54, 1.807) is 6.07 Å². The molecule has 0 aliphatic carbocycles. The van der Waals surface area contributed by atoms with E-state index in [-0.39, 0.29) is 17.8 Å². The van der Waals surface area contributed by atoms with E-state index in [2.05, 4.69) is 0 Å². The zero-order valence-corrected chi connectivity index (χ0v) is 9.15. The highest BCUT2D eigenvalue weighted by atomic mass is 19.1. The molecule has 0 spiro atoms. The molecule has 0 saturated carbocycles. The van der Waals surface area contributed by atoms with Crippen LogP contribution < -0.4 is 4.90 Å². The number of hydrogen-bond donors (Lipinski definition) is 0. The fraction of sp³-hybridized carbons (Fsp3) is 0.417. The maximum absolute atomic E-state index is 13.1. The number of ether oxygens (including phenoxy) is 1. The van der Waals surface area contributed by atoms with Gasteiger partial charge >= 0.3 is 5.97 Å². The molecule has 0 amide bonds. The van der Waals surface area contributed by atoms with E-state index in [1.165, 1.54) is 19.2 Å². The van der Waals surface area contributed by atoms with Crippen LogP contribution in [0.15, 0.2) is 24.3 Å². The van der Waals surface area contributed by atoms with E-state index in [0.717, 1.165) is 25.1 Å². The summed E-state index contributed by atoms with van der Waals surface area (Å²) < 4.78 is 17.8. The fourth-order valence-corrected chi connectivity index (χ4v) is 2.11. The van der Waals surface area contributed by atoms with Crippen molar-refractivity contribution < 1.29 is 13.9 Å². The van der Waals surface area contributed by atoms with Crippen molar-refractivity contribution in [1.82, 2.24) is 0 Å². The minimum atomic E-state index is -0.284. The van der Waals surface area contributed by atoms with Crippen molar-refractivity contribution in [3.8, 4) is 0 Å². The second-order valence-corrected chi connectivity index (χ2v) is 3.85. The Labute approximate surface area is 93.8 Å². The number of hydrogen-bond acceptors (Lipinski definition) is 3. The molecule has 1 unspecified atom stereocenters. The first-order valence-electron chi connectivity index (χ1n) is 5.32. The molecule has 1 aromatic rings. The SMILES string of the molecule is COC(=O)C1CCCN1c1cccc(F)c1. The Morgan fingerprint density at radius 2 is 2.38 bits per heavy atom. The Balaban J connectivity index is 2.23. The van der Waals surface area contributed by atoms with Crippen molar-refractivity contribution in [3.63, 3.8) is 0 Å². The lowest BCUT2D eigenvalue weighted by Gasteiger charge is -2.24. The quantitative estimate of drug-likeness (QED) is 0.718. The van der Waals surface area contributed by atoms with E-state index in [4.69, 9.17) is 4.74 Å². The summed E-state index contributed by atoms with van der Waals surface area (Å²) in [5, 5.41) is 0. The molecule has 0 N–H and O–H groups in total. The number of esters is 1.